The Hall–Kier alpha value is -1.55. The number of amides is 1. The smallest absolute Gasteiger partial charge is 0.227 e. The van der Waals surface area contributed by atoms with E-state index in [0.717, 1.165) is 25.9 Å². The van der Waals surface area contributed by atoms with Gasteiger partial charge in [0.1, 0.15) is 5.75 Å². The highest BCUT2D eigenvalue weighted by molar-refractivity contribution is 5.79. The van der Waals surface area contributed by atoms with Crippen LogP contribution in [0.25, 0.3) is 0 Å². The van der Waals surface area contributed by atoms with Gasteiger partial charge in [0.05, 0.1) is 6.42 Å². The summed E-state index contributed by atoms with van der Waals surface area (Å²) >= 11 is 0. The van der Waals surface area contributed by atoms with E-state index in [2.05, 4.69) is 5.32 Å². The number of rotatable bonds is 3. The first-order chi connectivity index (χ1) is 8.68. The van der Waals surface area contributed by atoms with E-state index in [1.165, 1.54) is 0 Å². The minimum atomic E-state index is 0.0726. The Morgan fingerprint density at radius 3 is 2.72 bits per heavy atom. The molecule has 0 unspecified atom stereocenters. The molecule has 1 aliphatic rings. The maximum atomic E-state index is 12.2. The topological polar surface area (TPSA) is 52.6 Å². The van der Waals surface area contributed by atoms with E-state index >= 15 is 0 Å². The predicted molar refractivity (Wildman–Crippen MR) is 70.5 cm³/mol. The second-order valence-corrected chi connectivity index (χ2v) is 4.79. The lowest BCUT2D eigenvalue weighted by molar-refractivity contribution is -0.131. The van der Waals surface area contributed by atoms with Crippen LogP contribution in [0, 0.1) is 0 Å². The van der Waals surface area contributed by atoms with Crippen molar-refractivity contribution in [3.8, 4) is 5.75 Å². The highest BCUT2D eigenvalue weighted by Gasteiger charge is 2.22. The molecule has 1 heterocycles. The van der Waals surface area contributed by atoms with Crippen LogP contribution in [0.1, 0.15) is 18.4 Å². The number of piperidine rings is 1. The van der Waals surface area contributed by atoms with Gasteiger partial charge in [-0.2, -0.15) is 0 Å². The van der Waals surface area contributed by atoms with E-state index < -0.39 is 0 Å². The molecule has 0 bridgehead atoms. The molecule has 2 rings (SSSR count). The van der Waals surface area contributed by atoms with Gasteiger partial charge < -0.3 is 15.3 Å². The molecule has 1 aliphatic heterocycles. The monoisotopic (exact) mass is 248 g/mol. The normalized spacial score (nSPS) is 16.5. The molecule has 1 fully saturated rings. The first kappa shape index (κ1) is 12.9. The number of likely N-dealkylation sites (N-methyl/N-ethyl adjacent to an activating group) is 1. The number of phenolic OH excluding ortho intramolecular Hbond substituents is 1. The van der Waals surface area contributed by atoms with E-state index in [4.69, 9.17) is 0 Å². The van der Waals surface area contributed by atoms with Crippen LogP contribution in [-0.4, -0.2) is 42.1 Å². The fourth-order valence-electron chi connectivity index (χ4n) is 2.35. The number of hydrogen-bond acceptors (Lipinski definition) is 3. The maximum Gasteiger partial charge on any atom is 0.227 e. The summed E-state index contributed by atoms with van der Waals surface area (Å²) in [4.78, 5) is 14.0. The SMILES string of the molecule is CN(C(=O)Cc1ccccc1O)C1CCNCC1. The maximum absolute atomic E-state index is 12.2. The third-order valence-corrected chi connectivity index (χ3v) is 3.58. The summed E-state index contributed by atoms with van der Waals surface area (Å²) in [5.74, 6) is 0.271. The van der Waals surface area contributed by atoms with Crippen LogP contribution < -0.4 is 5.32 Å². The van der Waals surface area contributed by atoms with Crippen LogP contribution >= 0.6 is 0 Å². The van der Waals surface area contributed by atoms with Gasteiger partial charge in [0.25, 0.3) is 0 Å². The van der Waals surface area contributed by atoms with E-state index in [1.54, 1.807) is 18.2 Å². The van der Waals surface area contributed by atoms with Crippen molar-refractivity contribution in [1.29, 1.82) is 0 Å². The number of carbonyl (C=O) groups excluding carboxylic acids is 1. The first-order valence-electron chi connectivity index (χ1n) is 6.41. The van der Waals surface area contributed by atoms with Gasteiger partial charge in [-0.1, -0.05) is 18.2 Å². The molecule has 1 amide bonds. The zero-order chi connectivity index (χ0) is 13.0. The second kappa shape index (κ2) is 5.87. The molecule has 0 atom stereocenters. The minimum Gasteiger partial charge on any atom is -0.508 e. The number of para-hydroxylation sites is 1. The lowest BCUT2D eigenvalue weighted by Crippen LogP contribution is -2.44. The molecule has 4 nitrogen and oxygen atoms in total. The minimum absolute atomic E-state index is 0.0726. The van der Waals surface area contributed by atoms with E-state index in [-0.39, 0.29) is 18.1 Å². The van der Waals surface area contributed by atoms with Gasteiger partial charge in [0, 0.05) is 18.7 Å². The Morgan fingerprint density at radius 2 is 2.06 bits per heavy atom. The average molecular weight is 248 g/mol. The molecule has 0 spiro atoms. The lowest BCUT2D eigenvalue weighted by Gasteiger charge is -2.31. The number of benzene rings is 1. The standard InChI is InChI=1S/C14H20N2O2/c1-16(12-6-8-15-9-7-12)14(18)10-11-4-2-3-5-13(11)17/h2-5,12,15,17H,6-10H2,1H3. The van der Waals surface area contributed by atoms with Crippen LogP contribution in [-0.2, 0) is 11.2 Å². The summed E-state index contributed by atoms with van der Waals surface area (Å²) in [7, 11) is 1.86. The zero-order valence-corrected chi connectivity index (χ0v) is 10.7. The number of hydrogen-bond donors (Lipinski definition) is 2. The van der Waals surface area contributed by atoms with Crippen molar-refractivity contribution < 1.29 is 9.90 Å². The first-order valence-corrected chi connectivity index (χ1v) is 6.41. The number of carbonyl (C=O) groups is 1. The fraction of sp³-hybridized carbons (Fsp3) is 0.500. The summed E-state index contributed by atoms with van der Waals surface area (Å²) in [5, 5.41) is 13.0. The largest absolute Gasteiger partial charge is 0.508 e. The molecule has 0 aromatic heterocycles. The van der Waals surface area contributed by atoms with E-state index in [1.807, 2.05) is 18.0 Å². The Labute approximate surface area is 108 Å². The summed E-state index contributed by atoms with van der Waals surface area (Å²) in [5.41, 5.74) is 0.697. The predicted octanol–water partition coefficient (Wildman–Crippen LogP) is 1.15. The molecule has 2 N–H and O–H groups in total. The van der Waals surface area contributed by atoms with Crippen molar-refractivity contribution >= 4 is 5.91 Å². The number of aromatic hydroxyl groups is 1. The zero-order valence-electron chi connectivity index (χ0n) is 10.7. The average Bonchev–Trinajstić information content (AvgIpc) is 2.41. The third kappa shape index (κ3) is 3.01. The van der Waals surface area contributed by atoms with Crippen LogP contribution in [0.5, 0.6) is 5.75 Å². The Morgan fingerprint density at radius 1 is 1.39 bits per heavy atom. The molecule has 0 radical (unpaired) electrons. The molecule has 0 aliphatic carbocycles. The number of phenols is 1. The molecule has 98 valence electrons. The van der Waals surface area contributed by atoms with Crippen molar-refractivity contribution in [2.24, 2.45) is 0 Å². The summed E-state index contributed by atoms with van der Waals surface area (Å²) in [6, 6.07) is 7.34. The van der Waals surface area contributed by atoms with Crippen molar-refractivity contribution in [2.45, 2.75) is 25.3 Å². The van der Waals surface area contributed by atoms with Crippen molar-refractivity contribution in [3.63, 3.8) is 0 Å². The molecular weight excluding hydrogens is 228 g/mol. The fourth-order valence-corrected chi connectivity index (χ4v) is 2.35. The summed E-state index contributed by atoms with van der Waals surface area (Å²) in [6.07, 6.45) is 2.28. The second-order valence-electron chi connectivity index (χ2n) is 4.79. The number of nitrogens with zero attached hydrogens (tertiary/aromatic N) is 1. The van der Waals surface area contributed by atoms with Gasteiger partial charge in [-0.15, -0.1) is 0 Å². The Bertz CT molecular complexity index is 414. The summed E-state index contributed by atoms with van der Waals surface area (Å²) in [6.45, 7) is 1.94. The van der Waals surface area contributed by atoms with Crippen molar-refractivity contribution in [3.05, 3.63) is 29.8 Å². The number of nitrogens with one attached hydrogen (secondary N) is 1. The Kier molecular flexibility index (Phi) is 4.20. The van der Waals surface area contributed by atoms with E-state index in [0.29, 0.717) is 11.6 Å². The van der Waals surface area contributed by atoms with Gasteiger partial charge in [0.2, 0.25) is 5.91 Å². The van der Waals surface area contributed by atoms with Gasteiger partial charge in [0.15, 0.2) is 0 Å². The molecule has 1 aromatic carbocycles. The molecule has 18 heavy (non-hydrogen) atoms. The molecule has 1 saturated heterocycles. The quantitative estimate of drug-likeness (QED) is 0.843. The molecular formula is C14H20N2O2. The molecule has 0 saturated carbocycles. The molecule has 1 aromatic rings. The van der Waals surface area contributed by atoms with Gasteiger partial charge >= 0.3 is 0 Å². The van der Waals surface area contributed by atoms with Crippen molar-refractivity contribution in [2.75, 3.05) is 20.1 Å². The van der Waals surface area contributed by atoms with Crippen LogP contribution in [0.4, 0.5) is 0 Å². The van der Waals surface area contributed by atoms with Gasteiger partial charge in [-0.05, 0) is 32.0 Å². The highest BCUT2D eigenvalue weighted by atomic mass is 16.3. The highest BCUT2D eigenvalue weighted by Crippen LogP contribution is 2.18. The molecule has 4 heteroatoms. The lowest BCUT2D eigenvalue weighted by atomic mass is 10.0. The van der Waals surface area contributed by atoms with Gasteiger partial charge in [-0.3, -0.25) is 4.79 Å². The van der Waals surface area contributed by atoms with Crippen LogP contribution in [0.2, 0.25) is 0 Å². The van der Waals surface area contributed by atoms with E-state index in [9.17, 15) is 9.90 Å². The van der Waals surface area contributed by atoms with Gasteiger partial charge in [-0.25, -0.2) is 0 Å². The van der Waals surface area contributed by atoms with Crippen LogP contribution in [0.3, 0.4) is 0 Å². The third-order valence-electron chi connectivity index (χ3n) is 3.58. The summed E-state index contributed by atoms with van der Waals surface area (Å²) < 4.78 is 0. The van der Waals surface area contributed by atoms with Crippen molar-refractivity contribution in [1.82, 2.24) is 10.2 Å². The Balaban J connectivity index is 1.97. The van der Waals surface area contributed by atoms with Crippen LogP contribution in [0.15, 0.2) is 24.3 Å².